The first-order valence-electron chi connectivity index (χ1n) is 13.7. The summed E-state index contributed by atoms with van der Waals surface area (Å²) < 4.78 is 0. The summed E-state index contributed by atoms with van der Waals surface area (Å²) in [6, 6.07) is 12.9. The van der Waals surface area contributed by atoms with Crippen LogP contribution in [-0.4, -0.2) is 43.6 Å². The Morgan fingerprint density at radius 1 is 1.00 bits per heavy atom. The minimum atomic E-state index is -0.649. The van der Waals surface area contributed by atoms with Crippen LogP contribution in [0.5, 0.6) is 0 Å². The van der Waals surface area contributed by atoms with Crippen LogP contribution in [0.2, 0.25) is 0 Å². The molecule has 6 nitrogen and oxygen atoms in total. The monoisotopic (exact) mass is 490 g/mol. The largest absolute Gasteiger partial charge is 0.390 e. The van der Waals surface area contributed by atoms with E-state index in [9.17, 15) is 9.90 Å². The molecule has 0 radical (unpaired) electrons. The van der Waals surface area contributed by atoms with E-state index in [0.717, 1.165) is 69.4 Å². The third kappa shape index (κ3) is 5.50. The maximum absolute atomic E-state index is 12.9. The van der Waals surface area contributed by atoms with Gasteiger partial charge in [-0.05, 0) is 92.9 Å². The number of pyridine rings is 2. The first-order valence-corrected chi connectivity index (χ1v) is 13.7. The molecule has 3 saturated carbocycles. The molecule has 0 bridgehead atoms. The molecule has 2 aromatic rings. The van der Waals surface area contributed by atoms with Gasteiger partial charge in [0.15, 0.2) is 0 Å². The van der Waals surface area contributed by atoms with Crippen LogP contribution in [0.3, 0.4) is 0 Å². The molecule has 2 N–H and O–H groups in total. The summed E-state index contributed by atoms with van der Waals surface area (Å²) in [4.78, 5) is 24.8. The highest BCUT2D eigenvalue weighted by molar-refractivity contribution is 5.76. The second-order valence-electron chi connectivity index (χ2n) is 12.6. The number of rotatable bonds is 9. The second-order valence-corrected chi connectivity index (χ2v) is 12.6. The highest BCUT2D eigenvalue weighted by Gasteiger charge is 2.62. The maximum Gasteiger partial charge on any atom is 0.220 e. The average Bonchev–Trinajstić information content (AvgIpc) is 3.63. The van der Waals surface area contributed by atoms with Crippen molar-refractivity contribution in [3.63, 3.8) is 0 Å². The highest BCUT2D eigenvalue weighted by Crippen LogP contribution is 2.65. The molecule has 36 heavy (non-hydrogen) atoms. The van der Waals surface area contributed by atoms with Crippen LogP contribution in [0.1, 0.15) is 83.5 Å². The molecular formula is C30H42N4O2. The fourth-order valence-corrected chi connectivity index (χ4v) is 7.23. The number of amides is 1. The average molecular weight is 491 g/mol. The van der Waals surface area contributed by atoms with Crippen LogP contribution in [0.4, 0.5) is 0 Å². The van der Waals surface area contributed by atoms with Gasteiger partial charge in [0.05, 0.1) is 17.0 Å². The normalized spacial score (nSPS) is 31.2. The molecule has 2 heterocycles. The van der Waals surface area contributed by atoms with Crippen molar-refractivity contribution in [2.45, 2.75) is 103 Å². The van der Waals surface area contributed by atoms with Crippen molar-refractivity contribution in [2.75, 3.05) is 0 Å². The summed E-state index contributed by atoms with van der Waals surface area (Å²) in [5.74, 6) is 0.537. The number of nitrogens with zero attached hydrogens (tertiary/aromatic N) is 3. The van der Waals surface area contributed by atoms with Crippen molar-refractivity contribution >= 4 is 5.91 Å². The van der Waals surface area contributed by atoms with E-state index in [4.69, 9.17) is 0 Å². The molecule has 0 aliphatic heterocycles. The summed E-state index contributed by atoms with van der Waals surface area (Å²) in [6.07, 6.45) is 10.9. The molecule has 0 spiro atoms. The number of carbonyl (C=O) groups excluding carboxylic acids is 1. The number of aromatic nitrogens is 2. The third-order valence-corrected chi connectivity index (χ3v) is 9.18. The van der Waals surface area contributed by atoms with Crippen LogP contribution in [-0.2, 0) is 17.9 Å². The van der Waals surface area contributed by atoms with Crippen molar-refractivity contribution in [3.05, 3.63) is 60.2 Å². The molecule has 3 aliphatic carbocycles. The van der Waals surface area contributed by atoms with Gasteiger partial charge in [-0.15, -0.1) is 0 Å². The Hall–Kier alpha value is -2.31. The quantitative estimate of drug-likeness (QED) is 0.524. The fraction of sp³-hybridized carbons (Fsp3) is 0.633. The summed E-state index contributed by atoms with van der Waals surface area (Å²) in [7, 11) is 0. The Kier molecular flexibility index (Phi) is 6.94. The van der Waals surface area contributed by atoms with Crippen molar-refractivity contribution in [1.82, 2.24) is 20.2 Å². The van der Waals surface area contributed by atoms with Gasteiger partial charge >= 0.3 is 0 Å². The van der Waals surface area contributed by atoms with Crippen LogP contribution in [0.15, 0.2) is 48.8 Å². The highest BCUT2D eigenvalue weighted by atomic mass is 16.3. The molecule has 0 unspecified atom stereocenters. The van der Waals surface area contributed by atoms with Gasteiger partial charge in [-0.2, -0.15) is 0 Å². The van der Waals surface area contributed by atoms with E-state index in [1.807, 2.05) is 31.5 Å². The van der Waals surface area contributed by atoms with Gasteiger partial charge < -0.3 is 10.4 Å². The fourth-order valence-electron chi connectivity index (χ4n) is 7.23. The minimum absolute atomic E-state index is 0.0316. The van der Waals surface area contributed by atoms with Crippen molar-refractivity contribution in [2.24, 2.45) is 16.7 Å². The number of aliphatic hydroxyl groups is 1. The summed E-state index contributed by atoms with van der Waals surface area (Å²) in [6.45, 7) is 8.24. The van der Waals surface area contributed by atoms with Gasteiger partial charge in [-0.1, -0.05) is 26.0 Å². The van der Waals surface area contributed by atoms with E-state index >= 15 is 0 Å². The number of carbonyl (C=O) groups is 1. The van der Waals surface area contributed by atoms with Crippen LogP contribution >= 0.6 is 0 Å². The first kappa shape index (κ1) is 25.3. The van der Waals surface area contributed by atoms with Gasteiger partial charge in [0.2, 0.25) is 5.91 Å². The lowest BCUT2D eigenvalue weighted by molar-refractivity contribution is -0.124. The zero-order valence-corrected chi connectivity index (χ0v) is 22.1. The smallest absolute Gasteiger partial charge is 0.220 e. The summed E-state index contributed by atoms with van der Waals surface area (Å²) in [5, 5.41) is 14.4. The molecule has 0 aromatic carbocycles. The van der Waals surface area contributed by atoms with Gasteiger partial charge in [-0.25, -0.2) is 0 Å². The number of hydrogen-bond donors (Lipinski definition) is 2. The van der Waals surface area contributed by atoms with E-state index in [1.54, 1.807) is 0 Å². The molecule has 4 atom stereocenters. The molecule has 3 fully saturated rings. The van der Waals surface area contributed by atoms with E-state index in [0.29, 0.717) is 18.4 Å². The van der Waals surface area contributed by atoms with E-state index < -0.39 is 5.60 Å². The topological polar surface area (TPSA) is 78.4 Å². The second kappa shape index (κ2) is 9.86. The number of hydrogen-bond acceptors (Lipinski definition) is 5. The lowest BCUT2D eigenvalue weighted by atomic mass is 9.56. The van der Waals surface area contributed by atoms with E-state index in [1.165, 1.54) is 0 Å². The van der Waals surface area contributed by atoms with Crippen LogP contribution in [0, 0.1) is 16.7 Å². The molecular weight excluding hydrogens is 448 g/mol. The molecule has 194 valence electrons. The Morgan fingerprint density at radius 3 is 2.19 bits per heavy atom. The predicted molar refractivity (Wildman–Crippen MR) is 141 cm³/mol. The Morgan fingerprint density at radius 2 is 1.64 bits per heavy atom. The van der Waals surface area contributed by atoms with E-state index in [2.05, 4.69) is 58.3 Å². The number of fused-ring (bicyclic) bond motifs is 1. The van der Waals surface area contributed by atoms with Gasteiger partial charge in [0, 0.05) is 44.0 Å². The molecule has 5 rings (SSSR count). The standard InChI is InChI=1S/C30H42N4O2/c1-28(2)19-26(34(20-23-8-4-6-16-31-23)21-24-9-5-7-17-32-24)30(13-12-27(35)33-22-10-11-22)15-14-29(3,36)18-25(28)30/h4-9,16-17,22,25-26,36H,10-15,18-21H2,1-3H3,(H,33,35)/t25-,26-,29+,30+/m0/s1. The lowest BCUT2D eigenvalue weighted by Gasteiger charge is -2.52. The van der Waals surface area contributed by atoms with Crippen molar-refractivity contribution in [1.29, 1.82) is 0 Å². The zero-order valence-electron chi connectivity index (χ0n) is 22.1. The summed E-state index contributed by atoms with van der Waals surface area (Å²) >= 11 is 0. The van der Waals surface area contributed by atoms with Gasteiger partial charge in [0.1, 0.15) is 0 Å². The van der Waals surface area contributed by atoms with Crippen LogP contribution < -0.4 is 5.32 Å². The predicted octanol–water partition coefficient (Wildman–Crippen LogP) is 4.87. The lowest BCUT2D eigenvalue weighted by Crippen LogP contribution is -2.52. The SMILES string of the molecule is CC1(C)C[C@H](N(Cc2ccccn2)Cc2ccccn2)[C@]2(CCC(=O)NC3CC3)CC[C@@](C)(O)C[C@@H]12. The van der Waals surface area contributed by atoms with Gasteiger partial charge in [-0.3, -0.25) is 19.7 Å². The third-order valence-electron chi connectivity index (χ3n) is 9.18. The molecule has 2 aromatic heterocycles. The molecule has 6 heteroatoms. The zero-order chi connectivity index (χ0) is 25.4. The van der Waals surface area contributed by atoms with Crippen molar-refractivity contribution in [3.8, 4) is 0 Å². The Balaban J connectivity index is 1.49. The number of nitrogens with one attached hydrogen (secondary N) is 1. The van der Waals surface area contributed by atoms with Crippen LogP contribution in [0.25, 0.3) is 0 Å². The van der Waals surface area contributed by atoms with Gasteiger partial charge in [0.25, 0.3) is 0 Å². The first-order chi connectivity index (χ1) is 17.2. The molecule has 1 amide bonds. The Bertz CT molecular complexity index is 996. The molecule has 3 aliphatic rings. The Labute approximate surface area is 215 Å². The summed E-state index contributed by atoms with van der Waals surface area (Å²) in [5.41, 5.74) is 1.49. The maximum atomic E-state index is 12.9. The molecule has 0 saturated heterocycles. The van der Waals surface area contributed by atoms with Crippen molar-refractivity contribution < 1.29 is 9.90 Å². The minimum Gasteiger partial charge on any atom is -0.390 e. The van der Waals surface area contributed by atoms with E-state index in [-0.39, 0.29) is 22.8 Å².